The van der Waals surface area contributed by atoms with Gasteiger partial charge in [-0.15, -0.1) is 11.8 Å². The lowest BCUT2D eigenvalue weighted by Crippen LogP contribution is -2.31. The van der Waals surface area contributed by atoms with E-state index in [4.69, 9.17) is 0 Å². The van der Waals surface area contributed by atoms with E-state index < -0.39 is 5.92 Å². The van der Waals surface area contributed by atoms with Crippen molar-refractivity contribution in [2.24, 2.45) is 17.8 Å². The van der Waals surface area contributed by atoms with E-state index in [0.29, 0.717) is 12.3 Å². The fourth-order valence-corrected chi connectivity index (χ4v) is 4.75. The van der Waals surface area contributed by atoms with Gasteiger partial charge in [-0.1, -0.05) is 27.7 Å². The molecule has 0 saturated heterocycles. The summed E-state index contributed by atoms with van der Waals surface area (Å²) in [7, 11) is 3.21. The van der Waals surface area contributed by atoms with E-state index in [2.05, 4.69) is 10.6 Å². The Morgan fingerprint density at radius 1 is 0.964 bits per heavy atom. The first kappa shape index (κ1) is 26.6. The average molecular weight is 415 g/mol. The SMILES string of the molecule is CC.CC.CNC(=O)CSC1CC(=O)C(CC2CCC(C(=O)NC)CC2)C1=O. The van der Waals surface area contributed by atoms with Crippen LogP contribution in [0.5, 0.6) is 0 Å². The van der Waals surface area contributed by atoms with E-state index in [1.807, 2.05) is 27.7 Å². The Kier molecular flexibility index (Phi) is 13.9. The Hall–Kier alpha value is -1.37. The highest BCUT2D eigenvalue weighted by atomic mass is 32.2. The van der Waals surface area contributed by atoms with Crippen molar-refractivity contribution in [1.29, 1.82) is 0 Å². The summed E-state index contributed by atoms with van der Waals surface area (Å²) in [6.07, 6.45) is 4.30. The van der Waals surface area contributed by atoms with Gasteiger partial charge in [-0.25, -0.2) is 0 Å². The number of Topliss-reactive ketones (excluding diaryl/α,β-unsaturated/α-hetero) is 2. The first-order valence-corrected chi connectivity index (χ1v) is 11.6. The molecule has 2 aliphatic rings. The van der Waals surface area contributed by atoms with Gasteiger partial charge in [0, 0.05) is 26.4 Å². The molecule has 2 atom stereocenters. The molecule has 2 saturated carbocycles. The number of carbonyl (C=O) groups excluding carboxylic acids is 4. The Balaban J connectivity index is 0.00000171. The summed E-state index contributed by atoms with van der Waals surface area (Å²) >= 11 is 1.27. The highest BCUT2D eigenvalue weighted by Crippen LogP contribution is 2.37. The molecule has 2 amide bonds. The van der Waals surface area contributed by atoms with Gasteiger partial charge in [0.25, 0.3) is 0 Å². The molecule has 0 heterocycles. The molecule has 162 valence electrons. The number of ketones is 2. The van der Waals surface area contributed by atoms with Crippen molar-refractivity contribution >= 4 is 35.1 Å². The maximum Gasteiger partial charge on any atom is 0.229 e. The first-order valence-electron chi connectivity index (χ1n) is 10.6. The molecule has 0 aromatic rings. The van der Waals surface area contributed by atoms with Crippen LogP contribution in [0.3, 0.4) is 0 Å². The predicted molar refractivity (Wildman–Crippen MR) is 115 cm³/mol. The normalized spacial score (nSPS) is 26.4. The molecule has 7 heteroatoms. The van der Waals surface area contributed by atoms with Gasteiger partial charge in [-0.2, -0.15) is 0 Å². The predicted octanol–water partition coefficient (Wildman–Crippen LogP) is 2.99. The zero-order chi connectivity index (χ0) is 21.7. The summed E-state index contributed by atoms with van der Waals surface area (Å²) in [5, 5.41) is 4.84. The van der Waals surface area contributed by atoms with Gasteiger partial charge in [-0.3, -0.25) is 19.2 Å². The molecule has 0 aliphatic heterocycles. The zero-order valence-electron chi connectivity index (χ0n) is 18.3. The lowest BCUT2D eigenvalue weighted by atomic mass is 9.77. The van der Waals surface area contributed by atoms with E-state index in [9.17, 15) is 19.2 Å². The van der Waals surface area contributed by atoms with Crippen LogP contribution < -0.4 is 10.6 Å². The molecule has 0 aromatic heterocycles. The largest absolute Gasteiger partial charge is 0.359 e. The van der Waals surface area contributed by atoms with Gasteiger partial charge < -0.3 is 10.6 Å². The van der Waals surface area contributed by atoms with Crippen LogP contribution in [-0.2, 0) is 19.2 Å². The van der Waals surface area contributed by atoms with E-state index in [1.165, 1.54) is 11.8 Å². The molecule has 0 aromatic carbocycles. The van der Waals surface area contributed by atoms with E-state index in [1.54, 1.807) is 14.1 Å². The average Bonchev–Trinajstić information content (AvgIpc) is 3.02. The van der Waals surface area contributed by atoms with Crippen LogP contribution in [0.15, 0.2) is 0 Å². The topological polar surface area (TPSA) is 92.3 Å². The third kappa shape index (κ3) is 7.94. The fourth-order valence-electron chi connectivity index (χ4n) is 3.64. The summed E-state index contributed by atoms with van der Waals surface area (Å²) in [6, 6.07) is 0. The van der Waals surface area contributed by atoms with Crippen LogP contribution in [0.25, 0.3) is 0 Å². The summed E-state index contributed by atoms with van der Waals surface area (Å²) in [6.45, 7) is 8.00. The molecular formula is C21H38N2O4S. The van der Waals surface area contributed by atoms with Crippen molar-refractivity contribution < 1.29 is 19.2 Å². The lowest BCUT2D eigenvalue weighted by Gasteiger charge is -2.28. The monoisotopic (exact) mass is 414 g/mol. The van der Waals surface area contributed by atoms with Crippen LogP contribution in [0.1, 0.15) is 66.2 Å². The summed E-state index contributed by atoms with van der Waals surface area (Å²) in [5.41, 5.74) is 0. The molecule has 0 bridgehead atoms. The second-order valence-electron chi connectivity index (χ2n) is 6.67. The minimum atomic E-state index is -0.506. The van der Waals surface area contributed by atoms with Crippen molar-refractivity contribution in [1.82, 2.24) is 10.6 Å². The van der Waals surface area contributed by atoms with Crippen molar-refractivity contribution in [2.45, 2.75) is 71.5 Å². The quantitative estimate of drug-likeness (QED) is 0.652. The van der Waals surface area contributed by atoms with Gasteiger partial charge in [0.05, 0.1) is 16.9 Å². The zero-order valence-corrected chi connectivity index (χ0v) is 19.1. The molecule has 2 rings (SSSR count). The Morgan fingerprint density at radius 3 is 2.04 bits per heavy atom. The van der Waals surface area contributed by atoms with Gasteiger partial charge in [0.2, 0.25) is 11.8 Å². The van der Waals surface area contributed by atoms with E-state index in [0.717, 1.165) is 25.7 Å². The third-order valence-electron chi connectivity index (χ3n) is 5.16. The maximum atomic E-state index is 12.5. The third-order valence-corrected chi connectivity index (χ3v) is 6.39. The minimum absolute atomic E-state index is 0.0117. The minimum Gasteiger partial charge on any atom is -0.359 e. The first-order chi connectivity index (χ1) is 13.5. The number of carbonyl (C=O) groups is 4. The number of thioether (sulfide) groups is 1. The van der Waals surface area contributed by atoms with Gasteiger partial charge in [0.1, 0.15) is 5.78 Å². The van der Waals surface area contributed by atoms with Crippen molar-refractivity contribution in [3.05, 3.63) is 0 Å². The van der Waals surface area contributed by atoms with Crippen molar-refractivity contribution in [2.75, 3.05) is 19.8 Å². The number of amides is 2. The molecule has 0 spiro atoms. The van der Waals surface area contributed by atoms with Gasteiger partial charge >= 0.3 is 0 Å². The second kappa shape index (κ2) is 14.6. The highest BCUT2D eigenvalue weighted by Gasteiger charge is 2.42. The molecule has 2 aliphatic carbocycles. The molecule has 0 radical (unpaired) electrons. The van der Waals surface area contributed by atoms with Crippen LogP contribution in [-0.4, -0.2) is 48.5 Å². The molecule has 6 nitrogen and oxygen atoms in total. The lowest BCUT2D eigenvalue weighted by molar-refractivity contribution is -0.129. The van der Waals surface area contributed by atoms with E-state index >= 15 is 0 Å². The Labute approximate surface area is 174 Å². The molecule has 2 unspecified atom stereocenters. The van der Waals surface area contributed by atoms with Crippen LogP contribution in [0.4, 0.5) is 0 Å². The number of hydrogen-bond acceptors (Lipinski definition) is 5. The number of rotatable bonds is 6. The standard InChI is InChI=1S/C17H26N2O4S.2C2H6/c1-18-15(21)9-24-14-8-13(20)12(16(14)22)7-10-3-5-11(6-4-10)17(23)19-2;2*1-2/h10-12,14H,3-9H2,1-2H3,(H,18,21)(H,19,23);2*1-2H3. The summed E-state index contributed by atoms with van der Waals surface area (Å²) < 4.78 is 0. The fraction of sp³-hybridized carbons (Fsp3) is 0.810. The van der Waals surface area contributed by atoms with Gasteiger partial charge in [0.15, 0.2) is 5.78 Å². The van der Waals surface area contributed by atoms with Crippen LogP contribution >= 0.6 is 11.8 Å². The molecule has 2 fully saturated rings. The second-order valence-corrected chi connectivity index (χ2v) is 7.86. The smallest absolute Gasteiger partial charge is 0.229 e. The summed E-state index contributed by atoms with van der Waals surface area (Å²) in [5.74, 6) is 0.0790. The Bertz CT molecular complexity index is 517. The van der Waals surface area contributed by atoms with Crippen molar-refractivity contribution in [3.8, 4) is 0 Å². The maximum absolute atomic E-state index is 12.5. The summed E-state index contributed by atoms with van der Waals surface area (Å²) in [4.78, 5) is 47.6. The number of hydrogen-bond donors (Lipinski definition) is 2. The van der Waals surface area contributed by atoms with Crippen LogP contribution in [0, 0.1) is 17.8 Å². The molecule has 2 N–H and O–H groups in total. The van der Waals surface area contributed by atoms with Crippen LogP contribution in [0.2, 0.25) is 0 Å². The van der Waals surface area contributed by atoms with Crippen molar-refractivity contribution in [3.63, 3.8) is 0 Å². The Morgan fingerprint density at radius 2 is 1.54 bits per heavy atom. The highest BCUT2D eigenvalue weighted by molar-refractivity contribution is 8.01. The van der Waals surface area contributed by atoms with Gasteiger partial charge in [-0.05, 0) is 38.0 Å². The molecule has 28 heavy (non-hydrogen) atoms. The van der Waals surface area contributed by atoms with E-state index in [-0.39, 0.29) is 46.7 Å². The molecular weight excluding hydrogens is 376 g/mol. The number of nitrogens with one attached hydrogen (secondary N) is 2.